The lowest BCUT2D eigenvalue weighted by Gasteiger charge is -2.27. The number of aromatic nitrogens is 1. The van der Waals surface area contributed by atoms with Crippen LogP contribution in [0.25, 0.3) is 10.9 Å². The van der Waals surface area contributed by atoms with Gasteiger partial charge in [0.1, 0.15) is 11.6 Å². The topological polar surface area (TPSA) is 8.17 Å². The van der Waals surface area contributed by atoms with Gasteiger partial charge in [-0.15, -0.1) is 0 Å². The van der Waals surface area contributed by atoms with Gasteiger partial charge in [0.25, 0.3) is 0 Å². The van der Waals surface area contributed by atoms with Crippen LogP contribution in [0.2, 0.25) is 0 Å². The molecule has 1 aromatic heterocycles. The Morgan fingerprint density at radius 3 is 2.41 bits per heavy atom. The van der Waals surface area contributed by atoms with E-state index in [-0.39, 0.29) is 12.4 Å². The SMILES string of the molecule is Fc1ccc2c(c1)c1c(n2Cc2ccc(C(F)(F)F)c(F)c2)C2CCN(CC2)C1. The number of benzene rings is 2. The fourth-order valence-corrected chi connectivity index (χ4v) is 4.88. The molecule has 3 aliphatic rings. The van der Waals surface area contributed by atoms with Gasteiger partial charge < -0.3 is 4.57 Å². The molecule has 6 rings (SSSR count). The van der Waals surface area contributed by atoms with Gasteiger partial charge in [-0.05, 0) is 67.4 Å². The molecule has 2 aromatic carbocycles. The Morgan fingerprint density at radius 2 is 1.72 bits per heavy atom. The van der Waals surface area contributed by atoms with Crippen LogP contribution < -0.4 is 0 Å². The fraction of sp³-hybridized carbons (Fsp3) is 0.364. The molecule has 0 spiro atoms. The van der Waals surface area contributed by atoms with Crippen molar-refractivity contribution < 1.29 is 22.0 Å². The molecule has 0 aliphatic carbocycles. The molecule has 3 aromatic rings. The fourth-order valence-electron chi connectivity index (χ4n) is 4.88. The van der Waals surface area contributed by atoms with Gasteiger partial charge in [0.2, 0.25) is 0 Å². The number of rotatable bonds is 2. The largest absolute Gasteiger partial charge is 0.419 e. The van der Waals surface area contributed by atoms with Crippen molar-refractivity contribution in [2.24, 2.45) is 0 Å². The number of hydrogen-bond acceptors (Lipinski definition) is 1. The van der Waals surface area contributed by atoms with E-state index in [1.807, 2.05) is 4.57 Å². The summed E-state index contributed by atoms with van der Waals surface area (Å²) < 4.78 is 68.8. The minimum atomic E-state index is -4.72. The zero-order valence-electron chi connectivity index (χ0n) is 15.6. The van der Waals surface area contributed by atoms with Crippen LogP contribution in [0.5, 0.6) is 0 Å². The molecule has 7 heteroatoms. The Hall–Kier alpha value is -2.41. The van der Waals surface area contributed by atoms with Gasteiger partial charge in [0.15, 0.2) is 0 Å². The minimum Gasteiger partial charge on any atom is -0.340 e. The first-order valence-corrected chi connectivity index (χ1v) is 9.70. The second-order valence-electron chi connectivity index (χ2n) is 7.97. The summed E-state index contributed by atoms with van der Waals surface area (Å²) in [6.07, 6.45) is -2.73. The van der Waals surface area contributed by atoms with Crippen molar-refractivity contribution in [2.45, 2.75) is 38.0 Å². The number of fused-ring (bicyclic) bond motifs is 3. The van der Waals surface area contributed by atoms with E-state index in [1.165, 1.54) is 18.2 Å². The number of halogens is 5. The maximum atomic E-state index is 14.1. The third-order valence-corrected chi connectivity index (χ3v) is 6.21. The zero-order chi connectivity index (χ0) is 20.3. The molecule has 3 aliphatic heterocycles. The van der Waals surface area contributed by atoms with Gasteiger partial charge in [-0.3, -0.25) is 4.90 Å². The number of hydrogen-bond donors (Lipinski definition) is 0. The molecular formula is C22H19F5N2. The van der Waals surface area contributed by atoms with Gasteiger partial charge in [-0.25, -0.2) is 8.78 Å². The van der Waals surface area contributed by atoms with Crippen LogP contribution in [0.4, 0.5) is 22.0 Å². The van der Waals surface area contributed by atoms with Crippen molar-refractivity contribution in [2.75, 3.05) is 13.1 Å². The number of alkyl halides is 3. The van der Waals surface area contributed by atoms with Crippen LogP contribution in [0, 0.1) is 11.6 Å². The standard InChI is InChI=1S/C22H19F5N2/c23-15-2-4-20-16(10-15)17-12-28-7-5-14(6-8-28)21(17)29(20)11-13-1-3-18(19(24)9-13)22(25,26)27/h1-4,9-10,14H,5-8,11-12H2. The van der Waals surface area contributed by atoms with Crippen molar-refractivity contribution in [1.82, 2.24) is 9.47 Å². The predicted octanol–water partition coefficient (Wildman–Crippen LogP) is 5.68. The Balaban J connectivity index is 1.64. The molecule has 2 bridgehead atoms. The van der Waals surface area contributed by atoms with E-state index in [0.29, 0.717) is 11.5 Å². The van der Waals surface area contributed by atoms with E-state index in [0.717, 1.165) is 66.8 Å². The Bertz CT molecular complexity index is 1090. The summed E-state index contributed by atoms with van der Waals surface area (Å²) in [6.45, 7) is 2.94. The molecule has 152 valence electrons. The molecule has 0 saturated carbocycles. The van der Waals surface area contributed by atoms with E-state index in [1.54, 1.807) is 6.07 Å². The second-order valence-corrected chi connectivity index (χ2v) is 7.97. The lowest BCUT2D eigenvalue weighted by Crippen LogP contribution is -2.29. The van der Waals surface area contributed by atoms with Gasteiger partial charge in [0.05, 0.1) is 5.56 Å². The highest BCUT2D eigenvalue weighted by Crippen LogP contribution is 2.41. The second kappa shape index (κ2) is 6.55. The quantitative estimate of drug-likeness (QED) is 0.497. The average Bonchev–Trinajstić information content (AvgIpc) is 2.80. The van der Waals surface area contributed by atoms with Gasteiger partial charge in [0, 0.05) is 35.6 Å². The molecule has 0 N–H and O–H groups in total. The van der Waals surface area contributed by atoms with Gasteiger partial charge in [-0.2, -0.15) is 13.2 Å². The Morgan fingerprint density at radius 1 is 0.966 bits per heavy atom. The van der Waals surface area contributed by atoms with Gasteiger partial charge >= 0.3 is 6.18 Å². The molecule has 0 unspecified atom stereocenters. The summed E-state index contributed by atoms with van der Waals surface area (Å²) in [4.78, 5) is 2.36. The molecule has 2 nitrogen and oxygen atoms in total. The number of piperidine rings is 1. The van der Waals surface area contributed by atoms with E-state index >= 15 is 0 Å². The molecule has 0 atom stereocenters. The lowest BCUT2D eigenvalue weighted by molar-refractivity contribution is -0.140. The monoisotopic (exact) mass is 406 g/mol. The minimum absolute atomic E-state index is 0.253. The third kappa shape index (κ3) is 3.12. The van der Waals surface area contributed by atoms with Crippen molar-refractivity contribution >= 4 is 10.9 Å². The lowest BCUT2D eigenvalue weighted by atomic mass is 9.94. The van der Waals surface area contributed by atoms with Crippen molar-refractivity contribution in [3.05, 3.63) is 70.4 Å². The molecular weight excluding hydrogens is 387 g/mol. The van der Waals surface area contributed by atoms with Crippen LogP contribution >= 0.6 is 0 Å². The van der Waals surface area contributed by atoms with Crippen LogP contribution in [0.1, 0.15) is 41.1 Å². The van der Waals surface area contributed by atoms with E-state index < -0.39 is 17.6 Å². The smallest absolute Gasteiger partial charge is 0.340 e. The number of nitrogens with zero attached hydrogens (tertiary/aromatic N) is 2. The maximum absolute atomic E-state index is 14.1. The third-order valence-electron chi connectivity index (χ3n) is 6.21. The zero-order valence-corrected chi connectivity index (χ0v) is 15.6. The Kier molecular flexibility index (Phi) is 4.21. The first kappa shape index (κ1) is 18.6. The van der Waals surface area contributed by atoms with Crippen LogP contribution in [0.3, 0.4) is 0 Å². The molecule has 4 heterocycles. The van der Waals surface area contributed by atoms with Crippen molar-refractivity contribution in [3.63, 3.8) is 0 Å². The van der Waals surface area contributed by atoms with E-state index in [4.69, 9.17) is 0 Å². The highest BCUT2D eigenvalue weighted by Gasteiger charge is 2.35. The summed E-state index contributed by atoms with van der Waals surface area (Å²) in [5, 5.41) is 0.839. The summed E-state index contributed by atoms with van der Waals surface area (Å²) in [7, 11) is 0. The summed E-state index contributed by atoms with van der Waals surface area (Å²) >= 11 is 0. The predicted molar refractivity (Wildman–Crippen MR) is 99.7 cm³/mol. The van der Waals surface area contributed by atoms with E-state index in [2.05, 4.69) is 4.90 Å². The molecule has 1 saturated heterocycles. The summed E-state index contributed by atoms with van der Waals surface area (Å²) in [6, 6.07) is 7.72. The normalized spacial score (nSPS) is 21.4. The highest BCUT2D eigenvalue weighted by molar-refractivity contribution is 5.86. The Labute approximate surface area is 164 Å². The summed E-state index contributed by atoms with van der Waals surface area (Å²) in [5.74, 6) is -1.27. The van der Waals surface area contributed by atoms with Crippen LogP contribution in [-0.2, 0) is 19.3 Å². The molecule has 29 heavy (non-hydrogen) atoms. The first-order valence-electron chi connectivity index (χ1n) is 9.70. The molecule has 0 amide bonds. The van der Waals surface area contributed by atoms with Crippen molar-refractivity contribution in [3.8, 4) is 0 Å². The maximum Gasteiger partial charge on any atom is 0.419 e. The average molecular weight is 406 g/mol. The van der Waals surface area contributed by atoms with Crippen LogP contribution in [0.15, 0.2) is 36.4 Å². The van der Waals surface area contributed by atoms with Crippen LogP contribution in [-0.4, -0.2) is 22.6 Å². The van der Waals surface area contributed by atoms with Gasteiger partial charge in [-0.1, -0.05) is 6.07 Å². The first-order chi connectivity index (χ1) is 13.8. The molecule has 0 radical (unpaired) electrons. The molecule has 1 fully saturated rings. The highest BCUT2D eigenvalue weighted by atomic mass is 19.4. The van der Waals surface area contributed by atoms with Crippen molar-refractivity contribution in [1.29, 1.82) is 0 Å². The van der Waals surface area contributed by atoms with E-state index in [9.17, 15) is 22.0 Å². The summed E-state index contributed by atoms with van der Waals surface area (Å²) in [5.41, 5.74) is 2.24.